The van der Waals surface area contributed by atoms with E-state index < -0.39 is 69.4 Å². The highest BCUT2D eigenvalue weighted by Crippen LogP contribution is 2.44. The number of anilines is 2. The molecule has 3 aliphatic heterocycles. The number of imidazole rings is 2. The minimum absolute atomic E-state index is 0.355. The third-order valence-electron chi connectivity index (χ3n) is 8.12. The van der Waals surface area contributed by atoms with E-state index in [2.05, 4.69) is 63.0 Å². The van der Waals surface area contributed by atoms with Crippen LogP contribution in [0, 0.1) is 0 Å². The zero-order valence-electron chi connectivity index (χ0n) is 24.7. The van der Waals surface area contributed by atoms with Crippen LogP contribution in [0.1, 0.15) is 12.5 Å². The average molecular weight is 742 g/mol. The maximum atomic E-state index is 12.1. The quantitative estimate of drug-likeness (QED) is 0.0715. The Kier molecular flexibility index (Phi) is 9.70. The molecule has 20 nitrogen and oxygen atoms in total. The van der Waals surface area contributed by atoms with Gasteiger partial charge in [-0.3, -0.25) is 9.13 Å². The van der Waals surface area contributed by atoms with E-state index in [0.29, 0.717) is 47.1 Å². The summed E-state index contributed by atoms with van der Waals surface area (Å²) in [4.78, 5) is 37.3. The van der Waals surface area contributed by atoms with Gasteiger partial charge < -0.3 is 44.8 Å². The number of rotatable bonds is 3. The van der Waals surface area contributed by atoms with Crippen molar-refractivity contribution < 1.29 is 38.8 Å². The number of aliphatic hydroxyl groups excluding tert-OH is 3. The minimum Gasteiger partial charge on any atom is -0.394 e. The first-order valence-electron chi connectivity index (χ1n) is 14.6. The summed E-state index contributed by atoms with van der Waals surface area (Å²) in [5.74, 6) is 0.893. The van der Waals surface area contributed by atoms with Gasteiger partial charge in [0.1, 0.15) is 55.4 Å². The third-order valence-corrected chi connectivity index (χ3v) is 10.7. The van der Waals surface area contributed by atoms with Gasteiger partial charge in [0, 0.05) is 13.1 Å². The lowest BCUT2D eigenvalue weighted by atomic mass is 10.1. The fraction of sp³-hybridized carbons (Fsp3) is 0.500. The van der Waals surface area contributed by atoms with Crippen LogP contribution < -0.4 is 20.8 Å². The Morgan fingerprint density at radius 1 is 0.958 bits per heavy atom. The molecule has 256 valence electrons. The van der Waals surface area contributed by atoms with E-state index in [0.717, 1.165) is 0 Å². The molecule has 4 aromatic heterocycles. The van der Waals surface area contributed by atoms with E-state index in [1.165, 1.54) is 34.4 Å². The molecule has 0 radical (unpaired) electrons. The topological polar surface area (TPSA) is 261 Å². The number of hydrogen-bond donors (Lipinski definition) is 9. The summed E-state index contributed by atoms with van der Waals surface area (Å²) in [5, 5.41) is 44.6. The number of thiol groups is 1. The average Bonchev–Trinajstić information content (AvgIpc) is 3.82. The molecule has 0 saturated carbocycles. The molecule has 3 aliphatic rings. The largest absolute Gasteiger partial charge is 0.504 e. The van der Waals surface area contributed by atoms with Gasteiger partial charge in [-0.25, -0.2) is 35.0 Å². The Balaban J connectivity index is 1.23. The van der Waals surface area contributed by atoms with Crippen molar-refractivity contribution in [1.29, 1.82) is 0 Å². The number of fused-ring (bicyclic) bond motifs is 6. The summed E-state index contributed by atoms with van der Waals surface area (Å²) in [6, 6.07) is -2.06. The standard InChI is InChI=1S/C24H30N12O8P2S2/c37-5-11-14-18(39)24(43-11)36-10-32-16-20(28-8-30-22(16)36)26-4-2-1-3-25-19-15-21(29-7-27-19)35(9-31-15)23-17(38)13(33-45(40)47)12(44-23)6-42-46(41,48)34-14/h1-2,7-14,17-18,23-24,37-39H,3-6H2,(H5-,25,26,27,28,29,30,33,34,40,41,47,48)/p+1/b2-1+/t11?,12?,13?,14?,17-,18-,23-,24-,46?/m1/s1. The maximum absolute atomic E-state index is 12.1. The Morgan fingerprint density at radius 3 is 2.10 bits per heavy atom. The summed E-state index contributed by atoms with van der Waals surface area (Å²) in [7, 11) is -2.25. The molecule has 0 amide bonds. The Hall–Kier alpha value is -2.82. The van der Waals surface area contributed by atoms with Crippen LogP contribution in [0.3, 0.4) is 0 Å². The lowest BCUT2D eigenvalue weighted by Gasteiger charge is -2.27. The normalized spacial score (nSPS) is 33.8. The molecule has 0 aromatic carbocycles. The summed E-state index contributed by atoms with van der Waals surface area (Å²) in [5.41, 5.74) is 1.55. The van der Waals surface area contributed by atoms with Gasteiger partial charge >= 0.3 is 7.15 Å². The summed E-state index contributed by atoms with van der Waals surface area (Å²) in [6.45, 7) is -4.04. The second kappa shape index (κ2) is 13.8. The number of nitrogens with one attached hydrogen (secondary N) is 4. The Labute approximate surface area is 282 Å². The second-order valence-corrected chi connectivity index (χ2v) is 16.0. The Morgan fingerprint density at radius 2 is 1.54 bits per heavy atom. The molecule has 48 heavy (non-hydrogen) atoms. The molecular weight excluding hydrogens is 710 g/mol. The fourth-order valence-corrected chi connectivity index (χ4v) is 8.54. The van der Waals surface area contributed by atoms with Gasteiger partial charge in [0.25, 0.3) is 6.64 Å². The lowest BCUT2D eigenvalue weighted by molar-refractivity contribution is -0.0490. The van der Waals surface area contributed by atoms with Gasteiger partial charge in [0.2, 0.25) is 0 Å². The summed E-state index contributed by atoms with van der Waals surface area (Å²) in [6.07, 6.45) is 2.55. The van der Waals surface area contributed by atoms with Crippen LogP contribution in [0.25, 0.3) is 22.3 Å². The predicted octanol–water partition coefficient (Wildman–Crippen LogP) is -0.694. The van der Waals surface area contributed by atoms with Crippen LogP contribution in [-0.2, 0) is 30.4 Å². The van der Waals surface area contributed by atoms with Crippen molar-refractivity contribution in [3.05, 3.63) is 37.5 Å². The van der Waals surface area contributed by atoms with Crippen LogP contribution in [0.4, 0.5) is 11.6 Å². The van der Waals surface area contributed by atoms with Crippen LogP contribution in [0.15, 0.2) is 37.5 Å². The summed E-state index contributed by atoms with van der Waals surface area (Å²) >= 11 is 9.33. The van der Waals surface area contributed by atoms with E-state index in [-0.39, 0.29) is 6.61 Å². The number of aromatic nitrogens is 8. The molecule has 2 saturated heterocycles. The van der Waals surface area contributed by atoms with E-state index >= 15 is 0 Å². The lowest BCUT2D eigenvalue weighted by Crippen LogP contribution is -2.45. The highest BCUT2D eigenvalue weighted by molar-refractivity contribution is 8.40. The number of hydrogen-bond acceptors (Lipinski definition) is 16. The highest BCUT2D eigenvalue weighted by atomic mass is 32.7. The smallest absolute Gasteiger partial charge is 0.394 e. The maximum Gasteiger partial charge on any atom is 0.504 e. The zero-order chi connectivity index (χ0) is 33.6. The fourth-order valence-electron chi connectivity index (χ4n) is 5.90. The van der Waals surface area contributed by atoms with Crippen LogP contribution >= 0.6 is 26.0 Å². The second-order valence-electron chi connectivity index (χ2n) is 11.0. The van der Waals surface area contributed by atoms with E-state index in [1.807, 2.05) is 12.2 Å². The van der Waals surface area contributed by atoms with Gasteiger partial charge in [-0.2, -0.15) is 0 Å². The van der Waals surface area contributed by atoms with Crippen molar-refractivity contribution in [2.45, 2.75) is 49.0 Å². The molecule has 8 N–H and O–H groups in total. The monoisotopic (exact) mass is 741 g/mol. The predicted molar refractivity (Wildman–Crippen MR) is 177 cm³/mol. The molecule has 12 bridgehead atoms. The molecule has 6 unspecified atom stereocenters. The molecular formula is C24H31N12O8P2S2+. The highest BCUT2D eigenvalue weighted by Gasteiger charge is 2.50. The van der Waals surface area contributed by atoms with Crippen molar-refractivity contribution in [3.63, 3.8) is 0 Å². The van der Waals surface area contributed by atoms with Crippen molar-refractivity contribution >= 4 is 71.8 Å². The molecule has 10 atom stereocenters. The molecule has 0 aliphatic carbocycles. The number of aliphatic hydroxyl groups is 3. The number of ether oxygens (including phenoxy) is 2. The number of nitrogens with zero attached hydrogens (tertiary/aromatic N) is 8. The molecule has 0 spiro atoms. The van der Waals surface area contributed by atoms with Crippen molar-refractivity contribution in [2.75, 3.05) is 36.9 Å². The zero-order valence-corrected chi connectivity index (χ0v) is 28.2. The first kappa shape index (κ1) is 33.7. The van der Waals surface area contributed by atoms with Gasteiger partial charge in [-0.1, -0.05) is 17.2 Å². The molecule has 7 heterocycles. The van der Waals surface area contributed by atoms with E-state index in [4.69, 9.17) is 25.8 Å². The SMILES string of the molecule is O=[P+](S)NC1C2COP(O)(=S)NC3C(CO)O[C@H]([C@@H]3O)n3cnc4c(ncnc43)NC/C=C/CNc3ncnc4c3ncn4[C@H](O2)[C@@H]1O. The summed E-state index contributed by atoms with van der Waals surface area (Å²) < 4.78 is 33.0. The van der Waals surface area contributed by atoms with Crippen LogP contribution in [-0.4, -0.2) is 122 Å². The minimum atomic E-state index is -3.92. The Bertz CT molecular complexity index is 1900. The van der Waals surface area contributed by atoms with Crippen LogP contribution in [0.5, 0.6) is 0 Å². The van der Waals surface area contributed by atoms with Crippen LogP contribution in [0.2, 0.25) is 0 Å². The van der Waals surface area contributed by atoms with Gasteiger partial charge in [0.15, 0.2) is 46.4 Å². The van der Waals surface area contributed by atoms with Gasteiger partial charge in [-0.05, 0) is 16.4 Å². The first-order valence-corrected chi connectivity index (χ1v) is 19.7. The molecule has 2 fully saturated rings. The van der Waals surface area contributed by atoms with Crippen molar-refractivity contribution in [1.82, 2.24) is 49.2 Å². The van der Waals surface area contributed by atoms with Gasteiger partial charge in [-0.15, -0.1) is 0 Å². The molecule has 4 aromatic rings. The van der Waals surface area contributed by atoms with Gasteiger partial charge in [0.05, 0.1) is 31.9 Å². The first-order chi connectivity index (χ1) is 23.1. The van der Waals surface area contributed by atoms with E-state index in [1.54, 1.807) is 0 Å². The molecule has 24 heteroatoms. The van der Waals surface area contributed by atoms with E-state index in [9.17, 15) is 24.8 Å². The third kappa shape index (κ3) is 6.44. The van der Waals surface area contributed by atoms with Crippen molar-refractivity contribution in [2.24, 2.45) is 0 Å². The molecule has 7 rings (SSSR count). The van der Waals surface area contributed by atoms with Crippen molar-refractivity contribution in [3.8, 4) is 0 Å².